The number of hydrogen-bond donors (Lipinski definition) is 1. The van der Waals surface area contributed by atoms with Gasteiger partial charge in [0, 0.05) is 18.8 Å². The molecule has 1 saturated heterocycles. The number of rotatable bonds is 3. The lowest BCUT2D eigenvalue weighted by molar-refractivity contribution is -0.137. The smallest absolute Gasteiger partial charge is 0.382 e. The van der Waals surface area contributed by atoms with E-state index in [2.05, 4.69) is 5.32 Å². The Morgan fingerprint density at radius 3 is 2.44 bits per heavy atom. The highest BCUT2D eigenvalue weighted by molar-refractivity contribution is 5.45. The maximum atomic E-state index is 12.4. The van der Waals surface area contributed by atoms with Crippen LogP contribution in [0.1, 0.15) is 25.3 Å². The quantitative estimate of drug-likeness (QED) is 0.894. The molecule has 0 bridgehead atoms. The van der Waals surface area contributed by atoms with Gasteiger partial charge in [-0.3, -0.25) is 0 Å². The van der Waals surface area contributed by atoms with Crippen LogP contribution in [-0.2, 0) is 10.9 Å². The number of hydrogen-bond acceptors (Lipinski definition) is 2. The summed E-state index contributed by atoms with van der Waals surface area (Å²) < 4.78 is 42.7. The van der Waals surface area contributed by atoms with Gasteiger partial charge in [0.1, 0.15) is 0 Å². The molecule has 2 rings (SSSR count). The van der Waals surface area contributed by atoms with Gasteiger partial charge in [-0.1, -0.05) is 0 Å². The van der Waals surface area contributed by atoms with E-state index in [0.29, 0.717) is 12.2 Å². The van der Waals surface area contributed by atoms with Crippen LogP contribution in [0.4, 0.5) is 18.9 Å². The van der Waals surface area contributed by atoms with E-state index in [1.807, 2.05) is 6.92 Å². The number of halogens is 3. The topological polar surface area (TPSA) is 21.3 Å². The Kier molecular flexibility index (Phi) is 3.52. The fraction of sp³-hybridized carbons (Fsp3) is 0.538. The molecule has 0 aliphatic carbocycles. The minimum absolute atomic E-state index is 0.206. The number of ether oxygens (including phenoxy) is 1. The average Bonchev–Trinajstić information content (AvgIpc) is 2.74. The maximum Gasteiger partial charge on any atom is 0.416 e. The van der Waals surface area contributed by atoms with E-state index in [1.54, 1.807) is 0 Å². The number of alkyl halides is 3. The number of anilines is 1. The summed E-state index contributed by atoms with van der Waals surface area (Å²) in [5.41, 5.74) is -0.154. The first kappa shape index (κ1) is 13.2. The van der Waals surface area contributed by atoms with Crippen molar-refractivity contribution < 1.29 is 17.9 Å². The Hall–Kier alpha value is -1.23. The second-order valence-electron chi connectivity index (χ2n) is 4.83. The third-order valence-electron chi connectivity index (χ3n) is 3.18. The zero-order chi connectivity index (χ0) is 13.2. The van der Waals surface area contributed by atoms with Gasteiger partial charge in [0.15, 0.2) is 0 Å². The molecule has 1 N–H and O–H groups in total. The van der Waals surface area contributed by atoms with Gasteiger partial charge in [-0.2, -0.15) is 13.2 Å². The lowest BCUT2D eigenvalue weighted by atomic mass is 10.0. The molecule has 0 aromatic heterocycles. The number of nitrogens with one attached hydrogen (secondary N) is 1. The van der Waals surface area contributed by atoms with Crippen LogP contribution in [0.3, 0.4) is 0 Å². The van der Waals surface area contributed by atoms with Crippen molar-refractivity contribution in [2.45, 2.75) is 31.5 Å². The molecule has 2 nitrogen and oxygen atoms in total. The fourth-order valence-electron chi connectivity index (χ4n) is 2.04. The summed E-state index contributed by atoms with van der Waals surface area (Å²) in [6.45, 7) is 3.38. The molecular weight excluding hydrogens is 243 g/mol. The van der Waals surface area contributed by atoms with Gasteiger partial charge >= 0.3 is 6.18 Å². The van der Waals surface area contributed by atoms with Crippen LogP contribution in [0.25, 0.3) is 0 Å². The molecule has 18 heavy (non-hydrogen) atoms. The summed E-state index contributed by atoms with van der Waals surface area (Å²) in [6.07, 6.45) is -2.27. The SMILES string of the molecule is CC1(CNc2ccc(C(F)(F)F)cc2)CCCO1. The van der Waals surface area contributed by atoms with E-state index in [-0.39, 0.29) is 5.60 Å². The van der Waals surface area contributed by atoms with Crippen LogP contribution in [-0.4, -0.2) is 18.8 Å². The monoisotopic (exact) mass is 259 g/mol. The normalized spacial score (nSPS) is 24.2. The highest BCUT2D eigenvalue weighted by Gasteiger charge is 2.31. The molecule has 1 unspecified atom stereocenters. The molecular formula is C13H16F3NO. The average molecular weight is 259 g/mol. The Morgan fingerprint density at radius 1 is 1.28 bits per heavy atom. The van der Waals surface area contributed by atoms with Gasteiger partial charge in [-0.25, -0.2) is 0 Å². The lowest BCUT2D eigenvalue weighted by Gasteiger charge is -2.24. The summed E-state index contributed by atoms with van der Waals surface area (Å²) in [4.78, 5) is 0. The molecule has 100 valence electrons. The fourth-order valence-corrected chi connectivity index (χ4v) is 2.04. The highest BCUT2D eigenvalue weighted by atomic mass is 19.4. The predicted molar refractivity (Wildman–Crippen MR) is 63.5 cm³/mol. The zero-order valence-electron chi connectivity index (χ0n) is 10.2. The van der Waals surface area contributed by atoms with Gasteiger partial charge in [0.2, 0.25) is 0 Å². The van der Waals surface area contributed by atoms with Gasteiger partial charge in [0.05, 0.1) is 11.2 Å². The maximum absolute atomic E-state index is 12.4. The molecule has 0 saturated carbocycles. The highest BCUT2D eigenvalue weighted by Crippen LogP contribution is 2.30. The summed E-state index contributed by atoms with van der Waals surface area (Å²) in [7, 11) is 0. The minimum atomic E-state index is -4.28. The summed E-state index contributed by atoms with van der Waals surface area (Å²) in [5, 5.41) is 3.11. The van der Waals surface area contributed by atoms with E-state index < -0.39 is 11.7 Å². The Balaban J connectivity index is 1.94. The first-order valence-electron chi connectivity index (χ1n) is 5.94. The van der Waals surface area contributed by atoms with Crippen molar-refractivity contribution in [2.75, 3.05) is 18.5 Å². The van der Waals surface area contributed by atoms with Crippen LogP contribution in [0.15, 0.2) is 24.3 Å². The molecule has 5 heteroatoms. The van der Waals surface area contributed by atoms with Crippen LogP contribution >= 0.6 is 0 Å². The molecule has 0 amide bonds. The lowest BCUT2D eigenvalue weighted by Crippen LogP contribution is -2.32. The first-order chi connectivity index (χ1) is 8.39. The molecule has 1 aliphatic heterocycles. The minimum Gasteiger partial charge on any atom is -0.382 e. The molecule has 1 heterocycles. The van der Waals surface area contributed by atoms with Crippen molar-refractivity contribution in [2.24, 2.45) is 0 Å². The van der Waals surface area contributed by atoms with Gasteiger partial charge in [0.25, 0.3) is 0 Å². The molecule has 1 atom stereocenters. The van der Waals surface area contributed by atoms with E-state index in [9.17, 15) is 13.2 Å². The van der Waals surface area contributed by atoms with Crippen molar-refractivity contribution >= 4 is 5.69 Å². The molecule has 1 aromatic rings. The largest absolute Gasteiger partial charge is 0.416 e. The van der Waals surface area contributed by atoms with Crippen molar-refractivity contribution in [3.63, 3.8) is 0 Å². The van der Waals surface area contributed by atoms with Crippen LogP contribution in [0.5, 0.6) is 0 Å². The Labute approximate surface area is 104 Å². The summed E-state index contributed by atoms with van der Waals surface area (Å²) >= 11 is 0. The van der Waals surface area contributed by atoms with E-state index in [0.717, 1.165) is 31.6 Å². The van der Waals surface area contributed by atoms with Gasteiger partial charge < -0.3 is 10.1 Å². The molecule has 1 fully saturated rings. The molecule has 0 spiro atoms. The van der Waals surface area contributed by atoms with Crippen molar-refractivity contribution in [3.8, 4) is 0 Å². The van der Waals surface area contributed by atoms with E-state index >= 15 is 0 Å². The molecule has 1 aliphatic rings. The molecule has 0 radical (unpaired) electrons. The van der Waals surface area contributed by atoms with E-state index in [1.165, 1.54) is 12.1 Å². The first-order valence-corrected chi connectivity index (χ1v) is 5.94. The second-order valence-corrected chi connectivity index (χ2v) is 4.83. The van der Waals surface area contributed by atoms with Crippen LogP contribution in [0.2, 0.25) is 0 Å². The summed E-state index contributed by atoms with van der Waals surface area (Å²) in [5.74, 6) is 0. The van der Waals surface area contributed by atoms with Crippen LogP contribution < -0.4 is 5.32 Å². The third-order valence-corrected chi connectivity index (χ3v) is 3.18. The molecule has 1 aromatic carbocycles. The third kappa shape index (κ3) is 3.16. The van der Waals surface area contributed by atoms with Crippen molar-refractivity contribution in [3.05, 3.63) is 29.8 Å². The Morgan fingerprint density at radius 2 is 1.94 bits per heavy atom. The standard InChI is InChI=1S/C13H16F3NO/c1-12(7-2-8-18-12)9-17-11-5-3-10(4-6-11)13(14,15)16/h3-6,17H,2,7-9H2,1H3. The van der Waals surface area contributed by atoms with Crippen molar-refractivity contribution in [1.29, 1.82) is 0 Å². The van der Waals surface area contributed by atoms with E-state index in [4.69, 9.17) is 4.74 Å². The van der Waals surface area contributed by atoms with Crippen LogP contribution in [0, 0.1) is 0 Å². The number of benzene rings is 1. The predicted octanol–water partition coefficient (Wildman–Crippen LogP) is 3.69. The zero-order valence-corrected chi connectivity index (χ0v) is 10.2. The summed E-state index contributed by atoms with van der Waals surface area (Å²) in [6, 6.07) is 5.06. The Bertz CT molecular complexity index is 394. The van der Waals surface area contributed by atoms with Gasteiger partial charge in [-0.05, 0) is 44.0 Å². The van der Waals surface area contributed by atoms with Crippen molar-refractivity contribution in [1.82, 2.24) is 0 Å². The van der Waals surface area contributed by atoms with Gasteiger partial charge in [-0.15, -0.1) is 0 Å². The second kappa shape index (κ2) is 4.80.